The fourth-order valence-corrected chi connectivity index (χ4v) is 3.21. The topological polar surface area (TPSA) is 52.8 Å². The normalized spacial score (nSPS) is 12.8. The Morgan fingerprint density at radius 2 is 2.00 bits per heavy atom. The summed E-state index contributed by atoms with van der Waals surface area (Å²) in [5.74, 6) is 1.75. The quantitative estimate of drug-likeness (QED) is 0.376. The highest BCUT2D eigenvalue weighted by molar-refractivity contribution is 14.0. The number of guanidine groups is 1. The van der Waals surface area contributed by atoms with Crippen molar-refractivity contribution in [1.29, 1.82) is 0 Å². The Morgan fingerprint density at radius 1 is 1.25 bits per heavy atom. The van der Waals surface area contributed by atoms with E-state index in [1.165, 1.54) is 9.75 Å². The van der Waals surface area contributed by atoms with E-state index < -0.39 is 0 Å². The molecule has 2 rings (SSSR count). The van der Waals surface area contributed by atoms with Gasteiger partial charge in [-0.05, 0) is 44.8 Å². The van der Waals surface area contributed by atoms with E-state index in [1.807, 2.05) is 37.6 Å². The van der Waals surface area contributed by atoms with Crippen LogP contribution in [0, 0.1) is 0 Å². The van der Waals surface area contributed by atoms with E-state index in [9.17, 15) is 0 Å². The van der Waals surface area contributed by atoms with Crippen molar-refractivity contribution in [2.75, 3.05) is 27.7 Å². The zero-order valence-electron chi connectivity index (χ0n) is 14.7. The van der Waals surface area contributed by atoms with Crippen molar-refractivity contribution >= 4 is 41.3 Å². The van der Waals surface area contributed by atoms with Crippen LogP contribution in [0.3, 0.4) is 0 Å². The highest BCUT2D eigenvalue weighted by Crippen LogP contribution is 2.18. The van der Waals surface area contributed by atoms with Crippen LogP contribution >= 0.6 is 35.3 Å². The molecular formula is C17H27IN4OS. The van der Waals surface area contributed by atoms with E-state index in [0.717, 1.165) is 31.2 Å². The SMILES string of the molecule is CCc1ccc(CNC(=NC)NCC(c2ccco2)N(C)C)s1.I. The van der Waals surface area contributed by atoms with Crippen LogP contribution in [-0.4, -0.2) is 38.5 Å². The molecule has 0 fully saturated rings. The maximum atomic E-state index is 5.53. The van der Waals surface area contributed by atoms with Gasteiger partial charge in [0.25, 0.3) is 0 Å². The molecule has 134 valence electrons. The lowest BCUT2D eigenvalue weighted by Gasteiger charge is -2.23. The van der Waals surface area contributed by atoms with Crippen LogP contribution in [0.2, 0.25) is 0 Å². The van der Waals surface area contributed by atoms with Gasteiger partial charge in [-0.15, -0.1) is 35.3 Å². The van der Waals surface area contributed by atoms with E-state index in [2.05, 4.69) is 39.6 Å². The molecule has 2 heterocycles. The highest BCUT2D eigenvalue weighted by atomic mass is 127. The molecule has 0 aromatic carbocycles. The van der Waals surface area contributed by atoms with E-state index in [-0.39, 0.29) is 30.0 Å². The Balaban J connectivity index is 0.00000288. The first-order valence-corrected chi connectivity index (χ1v) is 8.67. The van der Waals surface area contributed by atoms with Gasteiger partial charge in [-0.2, -0.15) is 0 Å². The Morgan fingerprint density at radius 3 is 2.54 bits per heavy atom. The molecule has 2 aromatic rings. The second-order valence-corrected chi connectivity index (χ2v) is 6.78. The lowest BCUT2D eigenvalue weighted by atomic mass is 10.2. The average Bonchev–Trinajstić information content (AvgIpc) is 3.21. The maximum Gasteiger partial charge on any atom is 0.191 e. The standard InChI is InChI=1S/C17H26N4OS.HI/c1-5-13-8-9-14(23-13)11-19-17(18-2)20-12-15(21(3)4)16-7-6-10-22-16;/h6-10,15H,5,11-12H2,1-4H3,(H2,18,19,20);1H. The van der Waals surface area contributed by atoms with Gasteiger partial charge >= 0.3 is 0 Å². The van der Waals surface area contributed by atoms with Gasteiger partial charge in [0.1, 0.15) is 5.76 Å². The second-order valence-electron chi connectivity index (χ2n) is 5.52. The Bertz CT molecular complexity index is 610. The largest absolute Gasteiger partial charge is 0.468 e. The minimum absolute atomic E-state index is 0. The van der Waals surface area contributed by atoms with E-state index in [1.54, 1.807) is 13.3 Å². The van der Waals surface area contributed by atoms with Crippen molar-refractivity contribution in [2.45, 2.75) is 25.9 Å². The number of thiophene rings is 1. The monoisotopic (exact) mass is 462 g/mol. The summed E-state index contributed by atoms with van der Waals surface area (Å²) in [6.45, 7) is 3.70. The summed E-state index contributed by atoms with van der Waals surface area (Å²) in [5.41, 5.74) is 0. The highest BCUT2D eigenvalue weighted by Gasteiger charge is 2.17. The third-order valence-corrected chi connectivity index (χ3v) is 4.91. The van der Waals surface area contributed by atoms with Gasteiger partial charge in [-0.3, -0.25) is 9.89 Å². The molecule has 0 spiro atoms. The summed E-state index contributed by atoms with van der Waals surface area (Å²) in [6.07, 6.45) is 2.80. The van der Waals surface area contributed by atoms with E-state index in [4.69, 9.17) is 4.42 Å². The molecule has 1 atom stereocenters. The molecule has 0 radical (unpaired) electrons. The average molecular weight is 462 g/mol. The van der Waals surface area contributed by atoms with Crippen LogP contribution < -0.4 is 10.6 Å². The number of nitrogens with zero attached hydrogens (tertiary/aromatic N) is 2. The van der Waals surface area contributed by atoms with Crippen LogP contribution in [0.15, 0.2) is 39.9 Å². The molecule has 2 aromatic heterocycles. The number of hydrogen-bond donors (Lipinski definition) is 2. The Hall–Kier alpha value is -1.06. The number of hydrogen-bond acceptors (Lipinski definition) is 4. The Labute approximate surface area is 165 Å². The molecule has 7 heteroatoms. The van der Waals surface area contributed by atoms with Crippen LogP contribution in [0.1, 0.15) is 28.5 Å². The molecule has 2 N–H and O–H groups in total. The van der Waals surface area contributed by atoms with Crippen LogP contribution in [0.25, 0.3) is 0 Å². The number of aryl methyl sites for hydroxylation is 1. The molecule has 0 aliphatic carbocycles. The number of aliphatic imine (C=N–C) groups is 1. The summed E-state index contributed by atoms with van der Waals surface area (Å²) in [6, 6.07) is 8.45. The molecule has 5 nitrogen and oxygen atoms in total. The van der Waals surface area contributed by atoms with Gasteiger partial charge in [0.15, 0.2) is 5.96 Å². The van der Waals surface area contributed by atoms with Crippen molar-refractivity contribution in [3.8, 4) is 0 Å². The van der Waals surface area contributed by atoms with Gasteiger partial charge in [0.05, 0.1) is 18.8 Å². The Kier molecular flexibility index (Phi) is 9.38. The second kappa shape index (κ2) is 10.7. The van der Waals surface area contributed by atoms with Gasteiger partial charge in [-0.1, -0.05) is 6.92 Å². The zero-order valence-corrected chi connectivity index (χ0v) is 17.9. The van der Waals surface area contributed by atoms with Crippen molar-refractivity contribution in [1.82, 2.24) is 15.5 Å². The molecule has 0 saturated carbocycles. The summed E-state index contributed by atoms with van der Waals surface area (Å²) in [5, 5.41) is 6.73. The number of likely N-dealkylation sites (N-methyl/N-ethyl adjacent to an activating group) is 1. The van der Waals surface area contributed by atoms with Gasteiger partial charge in [-0.25, -0.2) is 0 Å². The zero-order chi connectivity index (χ0) is 16.7. The number of halogens is 1. The number of rotatable bonds is 7. The molecule has 0 bridgehead atoms. The van der Waals surface area contributed by atoms with Crippen LogP contribution in [-0.2, 0) is 13.0 Å². The van der Waals surface area contributed by atoms with Gasteiger partial charge in [0, 0.05) is 23.3 Å². The van der Waals surface area contributed by atoms with Crippen molar-refractivity contribution in [2.24, 2.45) is 4.99 Å². The first-order valence-electron chi connectivity index (χ1n) is 7.86. The molecule has 0 amide bonds. The molecule has 0 saturated heterocycles. The molecule has 1 unspecified atom stereocenters. The summed E-state index contributed by atoms with van der Waals surface area (Å²) >= 11 is 1.84. The number of furan rings is 1. The first-order chi connectivity index (χ1) is 11.1. The van der Waals surface area contributed by atoms with Crippen LogP contribution in [0.5, 0.6) is 0 Å². The minimum Gasteiger partial charge on any atom is -0.468 e. The third kappa shape index (κ3) is 6.10. The van der Waals surface area contributed by atoms with E-state index >= 15 is 0 Å². The van der Waals surface area contributed by atoms with Crippen molar-refractivity contribution < 1.29 is 4.42 Å². The van der Waals surface area contributed by atoms with Crippen molar-refractivity contribution in [3.05, 3.63) is 46.0 Å². The minimum atomic E-state index is 0. The summed E-state index contributed by atoms with van der Waals surface area (Å²) < 4.78 is 5.53. The molecular weight excluding hydrogens is 435 g/mol. The summed E-state index contributed by atoms with van der Waals surface area (Å²) in [4.78, 5) is 9.16. The summed E-state index contributed by atoms with van der Waals surface area (Å²) in [7, 11) is 5.88. The molecule has 0 aliphatic heterocycles. The lowest BCUT2D eigenvalue weighted by Crippen LogP contribution is -2.41. The smallest absolute Gasteiger partial charge is 0.191 e. The van der Waals surface area contributed by atoms with Gasteiger partial charge in [0.2, 0.25) is 0 Å². The maximum absolute atomic E-state index is 5.53. The van der Waals surface area contributed by atoms with Crippen molar-refractivity contribution in [3.63, 3.8) is 0 Å². The third-order valence-electron chi connectivity index (χ3n) is 3.68. The lowest BCUT2D eigenvalue weighted by molar-refractivity contribution is 0.258. The fraction of sp³-hybridized carbons (Fsp3) is 0.471. The first kappa shape index (κ1) is 21.0. The van der Waals surface area contributed by atoms with Crippen LogP contribution in [0.4, 0.5) is 0 Å². The predicted octanol–water partition coefficient (Wildman–Crippen LogP) is 3.49. The number of nitrogens with one attached hydrogen (secondary N) is 2. The fourth-order valence-electron chi connectivity index (χ4n) is 2.31. The van der Waals surface area contributed by atoms with E-state index in [0.29, 0.717) is 0 Å². The predicted molar refractivity (Wildman–Crippen MR) is 112 cm³/mol. The molecule has 0 aliphatic rings. The van der Waals surface area contributed by atoms with Gasteiger partial charge < -0.3 is 15.1 Å². The molecule has 24 heavy (non-hydrogen) atoms.